The average Bonchev–Trinajstić information content (AvgIpc) is 3.38. The summed E-state index contributed by atoms with van der Waals surface area (Å²) in [6.07, 6.45) is 1.60. The zero-order valence-electron chi connectivity index (χ0n) is 18.9. The molecule has 1 aromatic heterocycles. The summed E-state index contributed by atoms with van der Waals surface area (Å²) in [4.78, 5) is 56.2. The number of hydrogen-bond acceptors (Lipinski definition) is 10. The molecule has 2 aliphatic rings. The highest BCUT2D eigenvalue weighted by atomic mass is 32.2. The highest BCUT2D eigenvalue weighted by molar-refractivity contribution is 8.00. The van der Waals surface area contributed by atoms with E-state index in [4.69, 9.17) is 9.57 Å². The predicted molar refractivity (Wildman–Crippen MR) is 134 cm³/mol. The van der Waals surface area contributed by atoms with Crippen molar-refractivity contribution in [1.29, 1.82) is 0 Å². The lowest BCUT2D eigenvalue weighted by Crippen LogP contribution is -2.70. The number of carbonyl (C=O) groups excluding carboxylic acids is 3. The van der Waals surface area contributed by atoms with Crippen molar-refractivity contribution in [3.8, 4) is 0 Å². The first-order valence-corrected chi connectivity index (χ1v) is 12.7. The van der Waals surface area contributed by atoms with Crippen molar-refractivity contribution in [2.24, 2.45) is 0 Å². The smallest absolute Gasteiger partial charge is 0.355 e. The van der Waals surface area contributed by atoms with Gasteiger partial charge in [0, 0.05) is 22.8 Å². The van der Waals surface area contributed by atoms with Crippen LogP contribution in [0.2, 0.25) is 0 Å². The number of nitrogens with one attached hydrogen (secondary N) is 2. The summed E-state index contributed by atoms with van der Waals surface area (Å²) in [5.41, 5.74) is 3.71. The van der Waals surface area contributed by atoms with Gasteiger partial charge in [0.15, 0.2) is 0 Å². The van der Waals surface area contributed by atoms with Crippen LogP contribution in [-0.2, 0) is 30.4 Å². The van der Waals surface area contributed by atoms with Gasteiger partial charge in [-0.05, 0) is 29.2 Å². The van der Waals surface area contributed by atoms with Gasteiger partial charge in [-0.15, -0.1) is 23.1 Å². The van der Waals surface area contributed by atoms with Gasteiger partial charge in [0.25, 0.3) is 11.6 Å². The first-order chi connectivity index (χ1) is 17.4. The van der Waals surface area contributed by atoms with Gasteiger partial charge in [-0.1, -0.05) is 18.7 Å². The number of non-ortho nitro benzene ring substituents is 1. The molecule has 1 saturated heterocycles. The molecule has 4 rings (SSSR count). The highest BCUT2D eigenvalue weighted by Crippen LogP contribution is 2.40. The molecule has 36 heavy (non-hydrogen) atoms. The zero-order chi connectivity index (χ0) is 25.7. The lowest BCUT2D eigenvalue weighted by atomic mass is 10.0. The van der Waals surface area contributed by atoms with Crippen LogP contribution < -0.4 is 10.8 Å². The Balaban J connectivity index is 1.43. The van der Waals surface area contributed by atoms with Gasteiger partial charge in [0.1, 0.15) is 23.7 Å². The van der Waals surface area contributed by atoms with E-state index < -0.39 is 28.2 Å². The number of esters is 1. The van der Waals surface area contributed by atoms with Crippen LogP contribution in [-0.4, -0.2) is 58.0 Å². The fourth-order valence-electron chi connectivity index (χ4n) is 3.64. The number of fused-ring (bicyclic) bond motifs is 1. The van der Waals surface area contributed by atoms with E-state index in [1.54, 1.807) is 0 Å². The molecule has 0 aliphatic carbocycles. The summed E-state index contributed by atoms with van der Waals surface area (Å²) in [5.74, 6) is -0.993. The number of rotatable bonds is 11. The SMILES string of the molecule is C=CCOC(=O)C1=C(CONc2ccc([N+](=O)[O-])cc2)CS[C@@H]2[C@H](NC(=O)Cc3cccs3)C(=O)N12. The molecule has 2 aromatic rings. The number of thiophene rings is 1. The van der Waals surface area contributed by atoms with E-state index in [0.717, 1.165) is 4.88 Å². The first kappa shape index (κ1) is 25.4. The Morgan fingerprint density at radius 2 is 2.06 bits per heavy atom. The minimum absolute atomic E-state index is 0.0294. The van der Waals surface area contributed by atoms with Gasteiger partial charge >= 0.3 is 5.97 Å². The molecule has 2 N–H and O–H groups in total. The molecule has 0 saturated carbocycles. The summed E-state index contributed by atoms with van der Waals surface area (Å²) < 4.78 is 5.20. The van der Waals surface area contributed by atoms with Gasteiger partial charge in [-0.25, -0.2) is 4.79 Å². The van der Waals surface area contributed by atoms with Crippen molar-refractivity contribution >= 4 is 52.3 Å². The largest absolute Gasteiger partial charge is 0.457 e. The van der Waals surface area contributed by atoms with Crippen LogP contribution in [0.25, 0.3) is 0 Å². The lowest BCUT2D eigenvalue weighted by molar-refractivity contribution is -0.384. The second kappa shape index (κ2) is 11.4. The number of carbonyl (C=O) groups is 3. The Morgan fingerprint density at radius 3 is 2.72 bits per heavy atom. The number of ether oxygens (including phenoxy) is 1. The van der Waals surface area contributed by atoms with Gasteiger partial charge in [0.2, 0.25) is 5.91 Å². The number of amides is 2. The van der Waals surface area contributed by atoms with Crippen LogP contribution in [0, 0.1) is 10.1 Å². The summed E-state index contributed by atoms with van der Waals surface area (Å²) in [5, 5.41) is 15.0. The number of hydrogen-bond donors (Lipinski definition) is 2. The summed E-state index contributed by atoms with van der Waals surface area (Å²) in [7, 11) is 0. The second-order valence-corrected chi connectivity index (χ2v) is 9.88. The fraction of sp³-hybridized carbons (Fsp3) is 0.261. The fourth-order valence-corrected chi connectivity index (χ4v) is 5.67. The highest BCUT2D eigenvalue weighted by Gasteiger charge is 2.54. The van der Waals surface area contributed by atoms with E-state index in [0.29, 0.717) is 17.0 Å². The quantitative estimate of drug-likeness (QED) is 0.147. The van der Waals surface area contributed by atoms with E-state index in [1.807, 2.05) is 17.5 Å². The van der Waals surface area contributed by atoms with Crippen LogP contribution >= 0.6 is 23.1 Å². The molecule has 13 heteroatoms. The molecule has 2 amide bonds. The number of benzene rings is 1. The first-order valence-electron chi connectivity index (χ1n) is 10.8. The number of nitro groups is 1. The third kappa shape index (κ3) is 5.58. The average molecular weight is 531 g/mol. The summed E-state index contributed by atoms with van der Waals surface area (Å²) >= 11 is 2.86. The van der Waals surface area contributed by atoms with E-state index >= 15 is 0 Å². The maximum Gasteiger partial charge on any atom is 0.355 e. The van der Waals surface area contributed by atoms with E-state index in [1.165, 1.54) is 58.3 Å². The molecule has 1 fully saturated rings. The molecule has 1 aromatic carbocycles. The van der Waals surface area contributed by atoms with E-state index in [9.17, 15) is 24.5 Å². The maximum atomic E-state index is 13.0. The van der Waals surface area contributed by atoms with Crippen molar-refractivity contribution in [3.63, 3.8) is 0 Å². The topological polar surface area (TPSA) is 140 Å². The molecule has 2 atom stereocenters. The Labute approximate surface area is 214 Å². The summed E-state index contributed by atoms with van der Waals surface area (Å²) in [6, 6.07) is 8.59. The molecule has 0 bridgehead atoms. The van der Waals surface area contributed by atoms with Crippen LogP contribution in [0.5, 0.6) is 0 Å². The number of nitrogens with zero attached hydrogens (tertiary/aromatic N) is 2. The van der Waals surface area contributed by atoms with Crippen molar-refractivity contribution in [2.75, 3.05) is 24.4 Å². The molecule has 3 heterocycles. The van der Waals surface area contributed by atoms with Crippen molar-refractivity contribution < 1.29 is 28.9 Å². The minimum atomic E-state index is -0.745. The molecular weight excluding hydrogens is 508 g/mol. The van der Waals surface area contributed by atoms with Gasteiger partial charge in [0.05, 0.1) is 23.6 Å². The monoisotopic (exact) mass is 530 g/mol. The van der Waals surface area contributed by atoms with Crippen LogP contribution in [0.4, 0.5) is 11.4 Å². The number of nitro benzene ring substituents is 1. The number of thioether (sulfide) groups is 1. The van der Waals surface area contributed by atoms with Gasteiger partial charge in [-0.2, -0.15) is 0 Å². The maximum absolute atomic E-state index is 13.0. The minimum Gasteiger partial charge on any atom is -0.457 e. The van der Waals surface area contributed by atoms with Gasteiger partial charge < -0.3 is 10.1 Å². The van der Waals surface area contributed by atoms with Crippen molar-refractivity contribution in [2.45, 2.75) is 17.8 Å². The molecule has 11 nitrogen and oxygen atoms in total. The standard InChI is InChI=1S/C23H22N4O7S2/c1-2-9-33-23(30)20-14(12-34-25-15-5-7-16(8-6-15)27(31)32)13-36-22-19(21(29)26(20)22)24-18(28)11-17-4-3-10-35-17/h2-8,10,19,22,25H,1,9,11-13H2,(H,24,28)/t19-,22-/m1/s1. The van der Waals surface area contributed by atoms with E-state index in [-0.39, 0.29) is 36.9 Å². The zero-order valence-corrected chi connectivity index (χ0v) is 20.5. The molecule has 0 radical (unpaired) electrons. The van der Waals surface area contributed by atoms with Gasteiger partial charge in [-0.3, -0.25) is 34.9 Å². The third-order valence-electron chi connectivity index (χ3n) is 5.32. The normalized spacial score (nSPS) is 18.7. The second-order valence-electron chi connectivity index (χ2n) is 7.75. The predicted octanol–water partition coefficient (Wildman–Crippen LogP) is 2.63. The van der Waals surface area contributed by atoms with Crippen LogP contribution in [0.3, 0.4) is 0 Å². The summed E-state index contributed by atoms with van der Waals surface area (Å²) in [6.45, 7) is 3.46. The lowest BCUT2D eigenvalue weighted by Gasteiger charge is -2.49. The molecule has 188 valence electrons. The Hall–Kier alpha value is -3.68. The molecule has 0 spiro atoms. The molecule has 2 aliphatic heterocycles. The van der Waals surface area contributed by atoms with Crippen LogP contribution in [0.15, 0.2) is 65.7 Å². The van der Waals surface area contributed by atoms with E-state index in [2.05, 4.69) is 17.4 Å². The van der Waals surface area contributed by atoms with Crippen molar-refractivity contribution in [1.82, 2.24) is 10.2 Å². The Morgan fingerprint density at radius 1 is 1.28 bits per heavy atom. The Kier molecular flexibility index (Phi) is 8.03. The molecular formula is C23H22N4O7S2. The Bertz CT molecular complexity index is 1200. The van der Waals surface area contributed by atoms with Crippen LogP contribution in [0.1, 0.15) is 4.88 Å². The number of anilines is 1. The molecule has 0 unspecified atom stereocenters. The number of β-lactam (4-membered cyclic amide) rings is 1. The third-order valence-corrected chi connectivity index (χ3v) is 7.53. The van der Waals surface area contributed by atoms with Crippen molar-refractivity contribution in [3.05, 3.63) is 80.7 Å².